The Morgan fingerprint density at radius 1 is 1.09 bits per heavy atom. The molecule has 2 atom stereocenters. The standard InChI is InChI=1S/C27H30N2O6/c1-5-33-25(31)22-16-18-15-19(11-12-21(18)34-22)28-24(30)23-20(17-9-7-6-8-10-17)13-14-29(23)26(32)35-27(2,3)4/h6-12,15-16,20,23H,5,13-14H2,1-4H3,(H,28,30)/t20-,23+/m1/s1. The van der Waals surface area contributed by atoms with Crippen molar-refractivity contribution in [3.05, 3.63) is 65.9 Å². The first kappa shape index (κ1) is 24.3. The zero-order chi connectivity index (χ0) is 25.2. The summed E-state index contributed by atoms with van der Waals surface area (Å²) >= 11 is 0. The number of carbonyl (C=O) groups excluding carboxylic acids is 3. The van der Waals surface area contributed by atoms with E-state index in [4.69, 9.17) is 13.9 Å². The number of hydrogen-bond donors (Lipinski definition) is 1. The SMILES string of the molecule is CCOC(=O)c1cc2cc(NC(=O)[C@@H]3[C@@H](c4ccccc4)CCN3C(=O)OC(C)(C)C)ccc2o1. The third-order valence-electron chi connectivity index (χ3n) is 5.78. The number of amides is 2. The van der Waals surface area contributed by atoms with Crippen LogP contribution in [0.2, 0.25) is 0 Å². The Labute approximate surface area is 204 Å². The second-order valence-electron chi connectivity index (χ2n) is 9.50. The van der Waals surface area contributed by atoms with Gasteiger partial charge in [0.1, 0.15) is 17.2 Å². The molecule has 8 nitrogen and oxygen atoms in total. The second kappa shape index (κ2) is 9.82. The van der Waals surface area contributed by atoms with Crippen LogP contribution in [0.5, 0.6) is 0 Å². The summed E-state index contributed by atoms with van der Waals surface area (Å²) in [6, 6.07) is 15.7. The summed E-state index contributed by atoms with van der Waals surface area (Å²) in [5, 5.41) is 3.59. The van der Waals surface area contributed by atoms with Crippen molar-refractivity contribution in [2.45, 2.75) is 51.7 Å². The van der Waals surface area contributed by atoms with Crippen molar-refractivity contribution >= 4 is 34.6 Å². The molecule has 1 saturated heterocycles. The molecular weight excluding hydrogens is 448 g/mol. The first-order valence-electron chi connectivity index (χ1n) is 11.7. The fraction of sp³-hybridized carbons (Fsp3) is 0.370. The van der Waals surface area contributed by atoms with Gasteiger partial charge in [0, 0.05) is 23.5 Å². The van der Waals surface area contributed by atoms with Crippen molar-refractivity contribution in [1.29, 1.82) is 0 Å². The second-order valence-corrected chi connectivity index (χ2v) is 9.50. The lowest BCUT2D eigenvalue weighted by Crippen LogP contribution is -2.47. The van der Waals surface area contributed by atoms with Gasteiger partial charge in [-0.15, -0.1) is 0 Å². The van der Waals surface area contributed by atoms with Gasteiger partial charge in [0.25, 0.3) is 0 Å². The van der Waals surface area contributed by atoms with E-state index in [-0.39, 0.29) is 24.2 Å². The Kier molecular flexibility index (Phi) is 6.82. The molecule has 1 aliphatic rings. The minimum atomic E-state index is -0.734. The fourth-order valence-electron chi connectivity index (χ4n) is 4.33. The number of nitrogens with zero attached hydrogens (tertiary/aromatic N) is 1. The summed E-state index contributed by atoms with van der Waals surface area (Å²) in [4.78, 5) is 40.0. The van der Waals surface area contributed by atoms with Crippen molar-refractivity contribution in [2.75, 3.05) is 18.5 Å². The monoisotopic (exact) mass is 478 g/mol. The van der Waals surface area contributed by atoms with Crippen LogP contribution in [0.25, 0.3) is 11.0 Å². The number of rotatable bonds is 5. The molecule has 184 valence electrons. The highest BCUT2D eigenvalue weighted by Gasteiger charge is 2.44. The number of nitrogens with one attached hydrogen (secondary N) is 1. The molecule has 2 heterocycles. The summed E-state index contributed by atoms with van der Waals surface area (Å²) in [5.41, 5.74) is 1.35. The number of furan rings is 1. The summed E-state index contributed by atoms with van der Waals surface area (Å²) < 4.78 is 16.1. The Morgan fingerprint density at radius 3 is 2.51 bits per heavy atom. The van der Waals surface area contributed by atoms with Gasteiger partial charge in [-0.05, 0) is 63.9 Å². The molecule has 1 N–H and O–H groups in total. The topological polar surface area (TPSA) is 98.1 Å². The van der Waals surface area contributed by atoms with E-state index >= 15 is 0 Å². The van der Waals surface area contributed by atoms with Crippen LogP contribution in [0.4, 0.5) is 10.5 Å². The predicted molar refractivity (Wildman–Crippen MR) is 131 cm³/mol. The Hall–Kier alpha value is -3.81. The molecule has 2 amide bonds. The van der Waals surface area contributed by atoms with E-state index in [1.165, 1.54) is 4.90 Å². The van der Waals surface area contributed by atoms with Crippen LogP contribution in [-0.2, 0) is 14.3 Å². The van der Waals surface area contributed by atoms with Crippen molar-refractivity contribution in [3.63, 3.8) is 0 Å². The van der Waals surface area contributed by atoms with Crippen LogP contribution in [0.3, 0.4) is 0 Å². The van der Waals surface area contributed by atoms with Crippen LogP contribution in [-0.4, -0.2) is 47.7 Å². The third-order valence-corrected chi connectivity index (χ3v) is 5.78. The van der Waals surface area contributed by atoms with E-state index < -0.39 is 23.7 Å². The summed E-state index contributed by atoms with van der Waals surface area (Å²) in [7, 11) is 0. The number of likely N-dealkylation sites (tertiary alicyclic amines) is 1. The van der Waals surface area contributed by atoms with E-state index in [0.29, 0.717) is 29.6 Å². The Morgan fingerprint density at radius 2 is 1.83 bits per heavy atom. The van der Waals surface area contributed by atoms with Gasteiger partial charge >= 0.3 is 12.1 Å². The average Bonchev–Trinajstić information content (AvgIpc) is 3.43. The van der Waals surface area contributed by atoms with E-state index in [2.05, 4.69) is 5.32 Å². The summed E-state index contributed by atoms with van der Waals surface area (Å²) in [6.45, 7) is 7.78. The molecule has 8 heteroatoms. The van der Waals surface area contributed by atoms with Gasteiger partial charge in [-0.25, -0.2) is 9.59 Å². The molecule has 1 aromatic heterocycles. The van der Waals surface area contributed by atoms with Gasteiger partial charge in [-0.1, -0.05) is 30.3 Å². The van der Waals surface area contributed by atoms with Crippen LogP contribution < -0.4 is 5.32 Å². The first-order valence-corrected chi connectivity index (χ1v) is 11.7. The number of benzene rings is 2. The molecule has 0 aliphatic carbocycles. The lowest BCUT2D eigenvalue weighted by molar-refractivity contribution is -0.120. The van der Waals surface area contributed by atoms with E-state index in [0.717, 1.165) is 5.56 Å². The summed E-state index contributed by atoms with van der Waals surface area (Å²) in [6.07, 6.45) is 0.130. The van der Waals surface area contributed by atoms with Crippen molar-refractivity contribution < 1.29 is 28.3 Å². The Balaban J connectivity index is 1.59. The molecule has 0 saturated carbocycles. The van der Waals surface area contributed by atoms with Gasteiger partial charge < -0.3 is 19.2 Å². The molecule has 2 aromatic carbocycles. The maximum Gasteiger partial charge on any atom is 0.410 e. The molecule has 35 heavy (non-hydrogen) atoms. The summed E-state index contributed by atoms with van der Waals surface area (Å²) in [5.74, 6) is -0.923. The highest BCUT2D eigenvalue weighted by Crippen LogP contribution is 2.35. The molecular formula is C27H30N2O6. The number of carbonyl (C=O) groups is 3. The lowest BCUT2D eigenvalue weighted by atomic mass is 9.91. The molecule has 0 bridgehead atoms. The maximum absolute atomic E-state index is 13.6. The van der Waals surface area contributed by atoms with Crippen LogP contribution in [0, 0.1) is 0 Å². The molecule has 0 unspecified atom stereocenters. The molecule has 0 radical (unpaired) electrons. The normalized spacial score (nSPS) is 17.9. The molecule has 1 aliphatic heterocycles. The van der Waals surface area contributed by atoms with Crippen LogP contribution in [0.1, 0.15) is 56.2 Å². The highest BCUT2D eigenvalue weighted by atomic mass is 16.6. The molecule has 4 rings (SSSR count). The van der Waals surface area contributed by atoms with Crippen molar-refractivity contribution in [2.24, 2.45) is 0 Å². The average molecular weight is 479 g/mol. The van der Waals surface area contributed by atoms with E-state index in [9.17, 15) is 14.4 Å². The predicted octanol–water partition coefficient (Wildman–Crippen LogP) is 5.34. The Bertz CT molecular complexity index is 1230. The lowest BCUT2D eigenvalue weighted by Gasteiger charge is -2.30. The minimum Gasteiger partial charge on any atom is -0.460 e. The van der Waals surface area contributed by atoms with Crippen molar-refractivity contribution in [3.8, 4) is 0 Å². The van der Waals surface area contributed by atoms with Gasteiger partial charge in [-0.3, -0.25) is 9.69 Å². The zero-order valence-electron chi connectivity index (χ0n) is 20.4. The van der Waals surface area contributed by atoms with Gasteiger partial charge in [0.05, 0.1) is 6.61 Å². The van der Waals surface area contributed by atoms with Crippen molar-refractivity contribution in [1.82, 2.24) is 4.90 Å². The largest absolute Gasteiger partial charge is 0.460 e. The van der Waals surface area contributed by atoms with Crippen LogP contribution >= 0.6 is 0 Å². The van der Waals surface area contributed by atoms with Gasteiger partial charge in [-0.2, -0.15) is 0 Å². The van der Waals surface area contributed by atoms with E-state index in [1.807, 2.05) is 30.3 Å². The smallest absolute Gasteiger partial charge is 0.410 e. The minimum absolute atomic E-state index is 0.0985. The first-order chi connectivity index (χ1) is 16.7. The van der Waals surface area contributed by atoms with Gasteiger partial charge in [0.15, 0.2) is 0 Å². The molecule has 3 aromatic rings. The highest BCUT2D eigenvalue weighted by molar-refractivity contribution is 6.00. The molecule has 0 spiro atoms. The zero-order valence-corrected chi connectivity index (χ0v) is 20.4. The number of anilines is 1. The third kappa shape index (κ3) is 5.48. The number of fused-ring (bicyclic) bond motifs is 1. The van der Waals surface area contributed by atoms with Gasteiger partial charge in [0.2, 0.25) is 11.7 Å². The van der Waals surface area contributed by atoms with E-state index in [1.54, 1.807) is 52.0 Å². The van der Waals surface area contributed by atoms with Crippen LogP contribution in [0.15, 0.2) is 59.0 Å². The molecule has 1 fully saturated rings. The maximum atomic E-state index is 13.6. The number of ether oxygens (including phenoxy) is 2. The fourth-order valence-corrected chi connectivity index (χ4v) is 4.33. The quantitative estimate of drug-likeness (QED) is 0.497. The number of hydrogen-bond acceptors (Lipinski definition) is 6. The number of esters is 1.